The Morgan fingerprint density at radius 3 is 2.18 bits per heavy atom. The molecule has 0 aromatic rings. The highest BCUT2D eigenvalue weighted by atomic mass is 35.5. The zero-order valence-electron chi connectivity index (χ0n) is 14.2. The van der Waals surface area contributed by atoms with Gasteiger partial charge in [-0.05, 0) is 58.5 Å². The molecule has 0 spiro atoms. The Hall–Kier alpha value is -0.0300. The van der Waals surface area contributed by atoms with Crippen molar-refractivity contribution in [2.75, 3.05) is 33.2 Å². The van der Waals surface area contributed by atoms with Crippen molar-refractivity contribution < 1.29 is 4.79 Å². The molecule has 0 unspecified atom stereocenters. The van der Waals surface area contributed by atoms with Crippen molar-refractivity contribution in [2.45, 2.75) is 58.0 Å². The third-order valence-electron chi connectivity index (χ3n) is 5.09. The van der Waals surface area contributed by atoms with Crippen LogP contribution in [0.1, 0.15) is 46.0 Å². The molecular formula is C16H33Cl2N3O. The SMILES string of the molecule is CC(C)N1CCC(N(C)C(=O)CC2CCNCC2)CC1.Cl.Cl. The van der Waals surface area contributed by atoms with Gasteiger partial charge >= 0.3 is 0 Å². The van der Waals surface area contributed by atoms with Crippen molar-refractivity contribution in [1.29, 1.82) is 0 Å². The highest BCUT2D eigenvalue weighted by Crippen LogP contribution is 2.21. The smallest absolute Gasteiger partial charge is 0.222 e. The van der Waals surface area contributed by atoms with E-state index in [9.17, 15) is 4.79 Å². The molecule has 2 rings (SSSR count). The van der Waals surface area contributed by atoms with E-state index in [1.54, 1.807) is 0 Å². The van der Waals surface area contributed by atoms with E-state index in [0.717, 1.165) is 58.3 Å². The second kappa shape index (κ2) is 10.7. The average Bonchev–Trinajstić information content (AvgIpc) is 2.47. The number of nitrogens with one attached hydrogen (secondary N) is 1. The monoisotopic (exact) mass is 353 g/mol. The van der Waals surface area contributed by atoms with Crippen molar-refractivity contribution in [3.05, 3.63) is 0 Å². The second-order valence-electron chi connectivity index (χ2n) is 6.76. The van der Waals surface area contributed by atoms with E-state index < -0.39 is 0 Å². The molecule has 1 N–H and O–H groups in total. The Labute approximate surface area is 148 Å². The molecule has 22 heavy (non-hydrogen) atoms. The highest BCUT2D eigenvalue weighted by molar-refractivity contribution is 5.85. The van der Waals surface area contributed by atoms with E-state index >= 15 is 0 Å². The van der Waals surface area contributed by atoms with E-state index in [1.165, 1.54) is 0 Å². The van der Waals surface area contributed by atoms with Gasteiger partial charge < -0.3 is 15.1 Å². The summed E-state index contributed by atoms with van der Waals surface area (Å²) in [6, 6.07) is 1.09. The topological polar surface area (TPSA) is 35.6 Å². The minimum absolute atomic E-state index is 0. The lowest BCUT2D eigenvalue weighted by molar-refractivity contribution is -0.134. The van der Waals surface area contributed by atoms with Crippen molar-refractivity contribution in [1.82, 2.24) is 15.1 Å². The summed E-state index contributed by atoms with van der Waals surface area (Å²) >= 11 is 0. The first-order valence-electron chi connectivity index (χ1n) is 8.28. The van der Waals surface area contributed by atoms with Crippen LogP contribution in [0.2, 0.25) is 0 Å². The quantitative estimate of drug-likeness (QED) is 0.843. The largest absolute Gasteiger partial charge is 0.343 e. The lowest BCUT2D eigenvalue weighted by Crippen LogP contribution is -2.47. The van der Waals surface area contributed by atoms with Crippen LogP contribution in [0.4, 0.5) is 0 Å². The standard InChI is InChI=1S/C16H31N3O.2ClH/c1-13(2)19-10-6-15(7-11-19)18(3)16(20)12-14-4-8-17-9-5-14;;/h13-15,17H,4-12H2,1-3H3;2*1H. The molecule has 0 saturated carbocycles. The average molecular weight is 354 g/mol. The van der Waals surface area contributed by atoms with Gasteiger partial charge in [0.2, 0.25) is 5.91 Å². The Kier molecular flexibility index (Phi) is 10.7. The Morgan fingerprint density at radius 2 is 1.68 bits per heavy atom. The van der Waals surface area contributed by atoms with Gasteiger partial charge in [-0.1, -0.05) is 0 Å². The van der Waals surface area contributed by atoms with Crippen LogP contribution in [0.15, 0.2) is 0 Å². The normalized spacial score (nSPS) is 21.1. The number of halogens is 2. The van der Waals surface area contributed by atoms with Gasteiger partial charge in [0.15, 0.2) is 0 Å². The Morgan fingerprint density at radius 1 is 1.14 bits per heavy atom. The first-order chi connectivity index (χ1) is 9.58. The molecule has 0 aliphatic carbocycles. The van der Waals surface area contributed by atoms with Gasteiger partial charge in [0.05, 0.1) is 0 Å². The third-order valence-corrected chi connectivity index (χ3v) is 5.09. The molecule has 2 fully saturated rings. The maximum absolute atomic E-state index is 12.4. The number of nitrogens with zero attached hydrogens (tertiary/aromatic N) is 2. The van der Waals surface area contributed by atoms with Crippen molar-refractivity contribution in [3.63, 3.8) is 0 Å². The predicted molar refractivity (Wildman–Crippen MR) is 97.2 cm³/mol. The zero-order valence-corrected chi connectivity index (χ0v) is 15.8. The molecular weight excluding hydrogens is 321 g/mol. The fraction of sp³-hybridized carbons (Fsp3) is 0.938. The predicted octanol–water partition coefficient (Wildman–Crippen LogP) is 2.55. The van der Waals surface area contributed by atoms with Gasteiger partial charge in [-0.2, -0.15) is 0 Å². The molecule has 0 bridgehead atoms. The number of hydrogen-bond donors (Lipinski definition) is 1. The molecule has 0 atom stereocenters. The number of rotatable bonds is 4. The first kappa shape index (κ1) is 22.0. The van der Waals surface area contributed by atoms with E-state index in [0.29, 0.717) is 23.9 Å². The van der Waals surface area contributed by atoms with E-state index in [-0.39, 0.29) is 24.8 Å². The van der Waals surface area contributed by atoms with Gasteiger partial charge in [0.1, 0.15) is 0 Å². The molecule has 132 valence electrons. The molecule has 2 aliphatic heterocycles. The van der Waals surface area contributed by atoms with Crippen LogP contribution >= 0.6 is 24.8 Å². The summed E-state index contributed by atoms with van der Waals surface area (Å²) < 4.78 is 0. The molecule has 2 saturated heterocycles. The summed E-state index contributed by atoms with van der Waals surface area (Å²) in [4.78, 5) is 17.0. The van der Waals surface area contributed by atoms with E-state index in [1.807, 2.05) is 11.9 Å². The molecule has 0 aromatic carbocycles. The number of amides is 1. The van der Waals surface area contributed by atoms with Gasteiger partial charge in [-0.15, -0.1) is 24.8 Å². The van der Waals surface area contributed by atoms with Crippen molar-refractivity contribution >= 4 is 30.7 Å². The summed E-state index contributed by atoms with van der Waals surface area (Å²) in [5, 5.41) is 3.37. The second-order valence-corrected chi connectivity index (χ2v) is 6.76. The van der Waals surface area contributed by atoms with Crippen molar-refractivity contribution in [3.8, 4) is 0 Å². The number of carbonyl (C=O) groups excluding carboxylic acids is 1. The fourth-order valence-corrected chi connectivity index (χ4v) is 3.47. The van der Waals surface area contributed by atoms with Crippen LogP contribution in [0.5, 0.6) is 0 Å². The van der Waals surface area contributed by atoms with Crippen LogP contribution in [-0.2, 0) is 4.79 Å². The van der Waals surface area contributed by atoms with Crippen molar-refractivity contribution in [2.24, 2.45) is 5.92 Å². The van der Waals surface area contributed by atoms with Crippen LogP contribution in [0.3, 0.4) is 0 Å². The maximum Gasteiger partial charge on any atom is 0.222 e. The molecule has 6 heteroatoms. The summed E-state index contributed by atoms with van der Waals surface area (Å²) in [7, 11) is 2.01. The Bertz CT molecular complexity index is 315. The molecule has 2 heterocycles. The molecule has 2 aliphatic rings. The van der Waals surface area contributed by atoms with E-state index in [2.05, 4.69) is 24.1 Å². The summed E-state index contributed by atoms with van der Waals surface area (Å²) in [5.74, 6) is 0.960. The minimum Gasteiger partial charge on any atom is -0.343 e. The van der Waals surface area contributed by atoms with Crippen LogP contribution in [-0.4, -0.2) is 61.0 Å². The van der Waals surface area contributed by atoms with Gasteiger partial charge in [-0.25, -0.2) is 0 Å². The number of carbonyl (C=O) groups is 1. The lowest BCUT2D eigenvalue weighted by atomic mass is 9.93. The molecule has 0 aromatic heterocycles. The number of piperidine rings is 2. The first-order valence-corrected chi connectivity index (χ1v) is 8.28. The van der Waals surface area contributed by atoms with Crippen LogP contribution in [0, 0.1) is 5.92 Å². The minimum atomic E-state index is 0. The van der Waals surface area contributed by atoms with Crippen LogP contribution in [0.25, 0.3) is 0 Å². The van der Waals surface area contributed by atoms with Gasteiger partial charge in [0.25, 0.3) is 0 Å². The number of hydrogen-bond acceptors (Lipinski definition) is 3. The summed E-state index contributed by atoms with van der Waals surface area (Å²) in [6.45, 7) is 8.93. The van der Waals surface area contributed by atoms with Gasteiger partial charge in [-0.3, -0.25) is 4.79 Å². The van der Waals surface area contributed by atoms with Crippen LogP contribution < -0.4 is 5.32 Å². The Balaban J connectivity index is 0.00000220. The third kappa shape index (κ3) is 6.23. The molecule has 4 nitrogen and oxygen atoms in total. The molecule has 1 amide bonds. The zero-order chi connectivity index (χ0) is 14.5. The number of likely N-dealkylation sites (tertiary alicyclic amines) is 1. The lowest BCUT2D eigenvalue weighted by Gasteiger charge is -2.39. The fourth-order valence-electron chi connectivity index (χ4n) is 3.47. The summed E-state index contributed by atoms with van der Waals surface area (Å²) in [5.41, 5.74) is 0. The van der Waals surface area contributed by atoms with E-state index in [4.69, 9.17) is 0 Å². The summed E-state index contributed by atoms with van der Waals surface area (Å²) in [6.07, 6.45) is 5.33. The molecule has 0 radical (unpaired) electrons. The maximum atomic E-state index is 12.4. The van der Waals surface area contributed by atoms with Gasteiger partial charge in [0, 0.05) is 38.6 Å². The highest BCUT2D eigenvalue weighted by Gasteiger charge is 2.27.